The molecule has 6 heteroatoms. The topological polar surface area (TPSA) is 58.2 Å². The molecule has 0 aromatic carbocycles. The van der Waals surface area contributed by atoms with Gasteiger partial charge in [-0.15, -0.1) is 11.3 Å². The molecule has 0 bridgehead atoms. The van der Waals surface area contributed by atoms with Gasteiger partial charge < -0.3 is 5.32 Å². The molecule has 1 aromatic rings. The first kappa shape index (κ1) is 14.6. The predicted octanol–water partition coefficient (Wildman–Crippen LogP) is 1.64. The van der Waals surface area contributed by atoms with E-state index in [2.05, 4.69) is 17.0 Å². The maximum absolute atomic E-state index is 12.0. The van der Waals surface area contributed by atoms with Crippen LogP contribution in [0.1, 0.15) is 23.1 Å². The van der Waals surface area contributed by atoms with Crippen molar-refractivity contribution >= 4 is 21.4 Å². The Bertz CT molecular complexity index is 452. The van der Waals surface area contributed by atoms with Crippen LogP contribution in [0.2, 0.25) is 0 Å². The lowest BCUT2D eigenvalue weighted by atomic mass is 10.4. The molecular formula is C11H20N2O2S2. The van der Waals surface area contributed by atoms with Crippen molar-refractivity contribution in [3.8, 4) is 0 Å². The van der Waals surface area contributed by atoms with Crippen LogP contribution in [0.4, 0.5) is 0 Å². The average molecular weight is 276 g/mol. The summed E-state index contributed by atoms with van der Waals surface area (Å²) in [6.45, 7) is 7.83. The van der Waals surface area contributed by atoms with Crippen molar-refractivity contribution in [1.29, 1.82) is 0 Å². The highest BCUT2D eigenvalue weighted by atomic mass is 32.2. The average Bonchev–Trinajstić information content (AvgIpc) is 2.58. The minimum atomic E-state index is -3.34. The third-order valence-corrected chi connectivity index (χ3v) is 4.99. The van der Waals surface area contributed by atoms with Gasteiger partial charge in [0, 0.05) is 22.8 Å². The Labute approximate surface area is 107 Å². The molecule has 0 unspecified atom stereocenters. The summed E-state index contributed by atoms with van der Waals surface area (Å²) < 4.78 is 26.5. The van der Waals surface area contributed by atoms with Gasteiger partial charge in [-0.2, -0.15) is 0 Å². The Morgan fingerprint density at radius 1 is 1.24 bits per heavy atom. The van der Waals surface area contributed by atoms with Crippen LogP contribution in [0.25, 0.3) is 0 Å². The van der Waals surface area contributed by atoms with Crippen molar-refractivity contribution in [2.75, 3.05) is 19.6 Å². The van der Waals surface area contributed by atoms with E-state index in [0.29, 0.717) is 18.0 Å². The summed E-state index contributed by atoms with van der Waals surface area (Å²) >= 11 is 1.51. The van der Waals surface area contributed by atoms with Crippen molar-refractivity contribution in [3.05, 3.63) is 15.8 Å². The van der Waals surface area contributed by atoms with E-state index in [-0.39, 0.29) is 0 Å². The monoisotopic (exact) mass is 276 g/mol. The Morgan fingerprint density at radius 3 is 2.47 bits per heavy atom. The molecule has 1 rings (SSSR count). The van der Waals surface area contributed by atoms with Crippen molar-refractivity contribution in [3.63, 3.8) is 0 Å². The van der Waals surface area contributed by atoms with Gasteiger partial charge >= 0.3 is 0 Å². The second kappa shape index (κ2) is 6.49. The van der Waals surface area contributed by atoms with Gasteiger partial charge in [0.25, 0.3) is 0 Å². The number of aryl methyl sites for hydroxylation is 2. The fourth-order valence-corrected chi connectivity index (χ4v) is 4.11. The number of hydrogen-bond donors (Lipinski definition) is 2. The highest BCUT2D eigenvalue weighted by Gasteiger charge is 2.18. The summed E-state index contributed by atoms with van der Waals surface area (Å²) in [5.41, 5.74) is 0. The van der Waals surface area contributed by atoms with Crippen molar-refractivity contribution < 1.29 is 8.42 Å². The minimum absolute atomic E-state index is 0.412. The van der Waals surface area contributed by atoms with E-state index in [1.165, 1.54) is 11.3 Å². The molecule has 4 nitrogen and oxygen atoms in total. The largest absolute Gasteiger partial charge is 0.315 e. The van der Waals surface area contributed by atoms with E-state index in [9.17, 15) is 8.42 Å². The lowest BCUT2D eigenvalue weighted by Crippen LogP contribution is -2.32. The third kappa shape index (κ3) is 4.39. The van der Waals surface area contributed by atoms with Crippen LogP contribution >= 0.6 is 11.3 Å². The van der Waals surface area contributed by atoms with Crippen LogP contribution in [0, 0.1) is 13.8 Å². The van der Waals surface area contributed by atoms with Gasteiger partial charge in [-0.1, -0.05) is 6.92 Å². The fraction of sp³-hybridized carbons (Fsp3) is 0.636. The van der Waals surface area contributed by atoms with Crippen LogP contribution in [0.5, 0.6) is 0 Å². The number of rotatable bonds is 7. The number of hydrogen-bond acceptors (Lipinski definition) is 4. The summed E-state index contributed by atoms with van der Waals surface area (Å²) in [4.78, 5) is 2.28. The summed E-state index contributed by atoms with van der Waals surface area (Å²) in [5.74, 6) is 0. The molecule has 0 atom stereocenters. The SMILES string of the molecule is CCCNCCNS(=O)(=O)c1cc(C)sc1C. The molecule has 17 heavy (non-hydrogen) atoms. The lowest BCUT2D eigenvalue weighted by molar-refractivity contribution is 0.575. The van der Waals surface area contributed by atoms with E-state index in [1.54, 1.807) is 6.07 Å². The molecule has 0 saturated carbocycles. The van der Waals surface area contributed by atoms with E-state index < -0.39 is 10.0 Å². The second-order valence-electron chi connectivity index (χ2n) is 3.93. The molecule has 0 aliphatic heterocycles. The molecule has 0 fully saturated rings. The van der Waals surface area contributed by atoms with E-state index in [4.69, 9.17) is 0 Å². The summed E-state index contributed by atoms with van der Waals surface area (Å²) in [6, 6.07) is 1.72. The number of sulfonamides is 1. The highest BCUT2D eigenvalue weighted by molar-refractivity contribution is 7.89. The molecule has 0 amide bonds. The molecule has 0 aliphatic rings. The predicted molar refractivity (Wildman–Crippen MR) is 72.1 cm³/mol. The Balaban J connectivity index is 2.54. The zero-order chi connectivity index (χ0) is 12.9. The van der Waals surface area contributed by atoms with Gasteiger partial charge in [0.05, 0.1) is 4.90 Å². The van der Waals surface area contributed by atoms with Crippen LogP contribution in [0.15, 0.2) is 11.0 Å². The molecule has 1 heterocycles. The molecule has 1 aromatic heterocycles. The molecular weight excluding hydrogens is 256 g/mol. The molecule has 0 spiro atoms. The normalized spacial score (nSPS) is 11.9. The Morgan fingerprint density at radius 2 is 1.94 bits per heavy atom. The first-order chi connectivity index (χ1) is 7.97. The second-order valence-corrected chi connectivity index (χ2v) is 7.12. The lowest BCUT2D eigenvalue weighted by Gasteiger charge is -2.06. The van der Waals surface area contributed by atoms with Crippen LogP contribution in [-0.2, 0) is 10.0 Å². The summed E-state index contributed by atoms with van der Waals surface area (Å²) in [7, 11) is -3.34. The smallest absolute Gasteiger partial charge is 0.241 e. The molecule has 98 valence electrons. The third-order valence-electron chi connectivity index (χ3n) is 2.31. The zero-order valence-electron chi connectivity index (χ0n) is 10.5. The Kier molecular flexibility index (Phi) is 5.58. The maximum atomic E-state index is 12.0. The van der Waals surface area contributed by atoms with Crippen molar-refractivity contribution in [1.82, 2.24) is 10.0 Å². The first-order valence-corrected chi connectivity index (χ1v) is 8.04. The van der Waals surface area contributed by atoms with E-state index >= 15 is 0 Å². The number of nitrogens with one attached hydrogen (secondary N) is 2. The van der Waals surface area contributed by atoms with E-state index in [1.807, 2.05) is 13.8 Å². The van der Waals surface area contributed by atoms with Gasteiger partial charge in [-0.25, -0.2) is 13.1 Å². The highest BCUT2D eigenvalue weighted by Crippen LogP contribution is 2.24. The first-order valence-electron chi connectivity index (χ1n) is 5.74. The van der Waals surface area contributed by atoms with Crippen molar-refractivity contribution in [2.45, 2.75) is 32.1 Å². The van der Waals surface area contributed by atoms with Crippen LogP contribution < -0.4 is 10.0 Å². The number of thiophene rings is 1. The summed E-state index contributed by atoms with van der Waals surface area (Å²) in [5, 5.41) is 3.15. The van der Waals surface area contributed by atoms with Crippen molar-refractivity contribution in [2.24, 2.45) is 0 Å². The Hall–Kier alpha value is -0.430. The maximum Gasteiger partial charge on any atom is 0.241 e. The molecule has 0 radical (unpaired) electrons. The standard InChI is InChI=1S/C11H20N2O2S2/c1-4-5-12-6-7-13-17(14,15)11-8-9(2)16-10(11)3/h8,12-13H,4-7H2,1-3H3. The van der Waals surface area contributed by atoms with Gasteiger partial charge in [0.2, 0.25) is 10.0 Å². The molecule has 0 saturated heterocycles. The van der Waals surface area contributed by atoms with Gasteiger partial charge in [-0.05, 0) is 32.9 Å². The van der Waals surface area contributed by atoms with Gasteiger partial charge in [-0.3, -0.25) is 0 Å². The zero-order valence-corrected chi connectivity index (χ0v) is 12.2. The van der Waals surface area contributed by atoms with Gasteiger partial charge in [0.1, 0.15) is 0 Å². The molecule has 0 aliphatic carbocycles. The fourth-order valence-electron chi connectivity index (χ4n) is 1.53. The van der Waals surface area contributed by atoms with Crippen LogP contribution in [-0.4, -0.2) is 28.1 Å². The minimum Gasteiger partial charge on any atom is -0.315 e. The molecule has 2 N–H and O–H groups in total. The summed E-state index contributed by atoms with van der Waals surface area (Å²) in [6.07, 6.45) is 1.05. The van der Waals surface area contributed by atoms with Gasteiger partial charge in [0.15, 0.2) is 0 Å². The quantitative estimate of drug-likeness (QED) is 0.744. The van der Waals surface area contributed by atoms with E-state index in [0.717, 1.165) is 22.7 Å². The van der Waals surface area contributed by atoms with Crippen LogP contribution in [0.3, 0.4) is 0 Å².